The smallest absolute Gasteiger partial charge is 0.326 e. The van der Waals surface area contributed by atoms with Crippen molar-refractivity contribution in [1.29, 1.82) is 0 Å². The highest BCUT2D eigenvalue weighted by molar-refractivity contribution is 9.12. The number of carbonyl (C=O) groups excluding carboxylic acids is 2. The van der Waals surface area contributed by atoms with Crippen LogP contribution in [0, 0.1) is 29.6 Å². The Morgan fingerprint density at radius 3 is 2.00 bits per heavy atom. The molecule has 2 saturated carbocycles. The number of hydrogen-bond donors (Lipinski definition) is 1. The van der Waals surface area contributed by atoms with Crippen molar-refractivity contribution in [3.63, 3.8) is 0 Å². The van der Waals surface area contributed by atoms with E-state index in [0.29, 0.717) is 6.42 Å². The molecule has 0 aromatic heterocycles. The standard InChI is InChI=1S/C15H19Br2NO4/c1-5(2)3-8(15(21)22)18-13(19)9-6-4-7(10(9)14(18)20)12(17)11(6)16/h5-12H,3-4H2,1-2H3,(H,21,22)/t6-,7+,8-,9+,10-,11+,12-/m0/s1. The Hall–Kier alpha value is -0.430. The number of carboxylic acids is 1. The van der Waals surface area contributed by atoms with Crippen LogP contribution in [-0.4, -0.2) is 43.5 Å². The van der Waals surface area contributed by atoms with E-state index >= 15 is 0 Å². The first kappa shape index (κ1) is 16.4. The van der Waals surface area contributed by atoms with Gasteiger partial charge in [-0.2, -0.15) is 0 Å². The molecule has 0 aromatic rings. The number of nitrogens with zero attached hydrogens (tertiary/aromatic N) is 1. The van der Waals surface area contributed by atoms with Gasteiger partial charge in [-0.15, -0.1) is 0 Å². The molecule has 3 aliphatic rings. The number of hydrogen-bond acceptors (Lipinski definition) is 3. The molecule has 3 rings (SSSR count). The molecule has 0 spiro atoms. The quantitative estimate of drug-likeness (QED) is 0.541. The van der Waals surface area contributed by atoms with Gasteiger partial charge in [-0.3, -0.25) is 14.5 Å². The van der Waals surface area contributed by atoms with E-state index in [1.807, 2.05) is 13.8 Å². The summed E-state index contributed by atoms with van der Waals surface area (Å²) in [5.41, 5.74) is 0. The fourth-order valence-corrected chi connectivity index (χ4v) is 6.32. The molecule has 122 valence electrons. The van der Waals surface area contributed by atoms with Crippen LogP contribution in [0.5, 0.6) is 0 Å². The lowest BCUT2D eigenvalue weighted by Crippen LogP contribution is -2.47. The van der Waals surface area contributed by atoms with Crippen LogP contribution in [0.1, 0.15) is 26.7 Å². The number of imide groups is 1. The molecule has 1 aliphatic heterocycles. The third-order valence-electron chi connectivity index (χ3n) is 5.31. The summed E-state index contributed by atoms with van der Waals surface area (Å²) in [7, 11) is 0. The predicted octanol–water partition coefficient (Wildman–Crippen LogP) is 2.26. The van der Waals surface area contributed by atoms with Crippen LogP contribution in [0.3, 0.4) is 0 Å². The predicted molar refractivity (Wildman–Crippen MR) is 86.7 cm³/mol. The van der Waals surface area contributed by atoms with Gasteiger partial charge in [0.05, 0.1) is 11.8 Å². The van der Waals surface area contributed by atoms with Crippen LogP contribution in [-0.2, 0) is 14.4 Å². The van der Waals surface area contributed by atoms with Crippen molar-refractivity contribution in [2.24, 2.45) is 29.6 Å². The maximum atomic E-state index is 12.8. The lowest BCUT2D eigenvalue weighted by molar-refractivity contribution is -0.156. The second-order valence-electron chi connectivity index (χ2n) is 7.03. The summed E-state index contributed by atoms with van der Waals surface area (Å²) in [6.45, 7) is 3.79. The average molecular weight is 437 g/mol. The van der Waals surface area contributed by atoms with Crippen LogP contribution in [0.4, 0.5) is 0 Å². The van der Waals surface area contributed by atoms with Gasteiger partial charge in [0.2, 0.25) is 11.8 Å². The Kier molecular flexibility index (Phi) is 4.17. The lowest BCUT2D eigenvalue weighted by atomic mass is 9.81. The van der Waals surface area contributed by atoms with Gasteiger partial charge in [0.15, 0.2) is 0 Å². The fourth-order valence-electron chi connectivity index (χ4n) is 4.44. The Morgan fingerprint density at radius 2 is 1.64 bits per heavy atom. The van der Waals surface area contributed by atoms with Crippen molar-refractivity contribution in [2.75, 3.05) is 0 Å². The monoisotopic (exact) mass is 435 g/mol. The average Bonchev–Trinajstić information content (AvgIpc) is 3.02. The molecule has 0 radical (unpaired) electrons. The summed E-state index contributed by atoms with van der Waals surface area (Å²) >= 11 is 7.25. The highest BCUT2D eigenvalue weighted by Crippen LogP contribution is 2.60. The Bertz CT molecular complexity index is 506. The van der Waals surface area contributed by atoms with Gasteiger partial charge in [-0.05, 0) is 30.6 Å². The van der Waals surface area contributed by atoms with E-state index in [-0.39, 0.29) is 51.1 Å². The molecule has 7 atom stereocenters. The van der Waals surface area contributed by atoms with E-state index < -0.39 is 12.0 Å². The van der Waals surface area contributed by atoms with E-state index in [0.717, 1.165) is 11.3 Å². The first-order valence-electron chi connectivity index (χ1n) is 7.63. The molecule has 7 heteroatoms. The minimum absolute atomic E-state index is 0.103. The number of halogens is 2. The highest BCUT2D eigenvalue weighted by Gasteiger charge is 2.67. The zero-order valence-corrected chi connectivity index (χ0v) is 15.6. The molecular weight excluding hydrogens is 418 g/mol. The zero-order valence-electron chi connectivity index (χ0n) is 12.4. The van der Waals surface area contributed by atoms with E-state index in [4.69, 9.17) is 0 Å². The normalized spacial score (nSPS) is 41.4. The van der Waals surface area contributed by atoms with E-state index in [9.17, 15) is 19.5 Å². The number of aliphatic carboxylic acids is 1. The molecule has 0 aromatic carbocycles. The number of rotatable bonds is 4. The molecule has 1 saturated heterocycles. The van der Waals surface area contributed by atoms with E-state index in [1.165, 1.54) is 0 Å². The Labute approximate surface area is 146 Å². The van der Waals surface area contributed by atoms with Gasteiger partial charge in [0, 0.05) is 9.65 Å². The van der Waals surface area contributed by atoms with Crippen molar-refractivity contribution in [1.82, 2.24) is 4.90 Å². The maximum absolute atomic E-state index is 12.8. The second kappa shape index (κ2) is 5.58. The molecule has 1 heterocycles. The summed E-state index contributed by atoms with van der Waals surface area (Å²) < 4.78 is 0. The SMILES string of the molecule is CC(C)C[C@@H](C(=O)O)N1C(=O)[C@@H]2[C@@H]3C[C@@H]([C@H](Br)[C@@H]3Br)[C@@H]2C1=O. The summed E-state index contributed by atoms with van der Waals surface area (Å²) in [6.07, 6.45) is 1.16. The maximum Gasteiger partial charge on any atom is 0.326 e. The molecule has 22 heavy (non-hydrogen) atoms. The summed E-state index contributed by atoms with van der Waals surface area (Å²) in [5.74, 6) is -1.99. The van der Waals surface area contributed by atoms with Crippen LogP contribution in [0.15, 0.2) is 0 Å². The van der Waals surface area contributed by atoms with Gasteiger partial charge in [-0.1, -0.05) is 45.7 Å². The van der Waals surface area contributed by atoms with Crippen molar-refractivity contribution in [3.8, 4) is 0 Å². The summed E-state index contributed by atoms with van der Waals surface area (Å²) in [5, 5.41) is 9.47. The fraction of sp³-hybridized carbons (Fsp3) is 0.800. The van der Waals surface area contributed by atoms with Gasteiger partial charge in [0.1, 0.15) is 6.04 Å². The van der Waals surface area contributed by atoms with Crippen LogP contribution in [0.25, 0.3) is 0 Å². The number of likely N-dealkylation sites (tertiary alicyclic amines) is 1. The number of carboxylic acid groups (broad SMARTS) is 1. The van der Waals surface area contributed by atoms with Crippen molar-refractivity contribution in [2.45, 2.75) is 42.4 Å². The molecular formula is C15H19Br2NO4. The molecule has 2 amide bonds. The third-order valence-corrected chi connectivity index (χ3v) is 8.52. The van der Waals surface area contributed by atoms with Gasteiger partial charge < -0.3 is 5.11 Å². The molecule has 2 bridgehead atoms. The van der Waals surface area contributed by atoms with E-state index in [1.54, 1.807) is 0 Å². The minimum atomic E-state index is -1.09. The molecule has 3 fully saturated rings. The number of amides is 2. The molecule has 5 nitrogen and oxygen atoms in total. The summed E-state index contributed by atoms with van der Waals surface area (Å²) in [6, 6.07) is -1.03. The van der Waals surface area contributed by atoms with Crippen molar-refractivity contribution >= 4 is 49.6 Å². The number of fused-ring (bicyclic) bond motifs is 5. The van der Waals surface area contributed by atoms with Crippen LogP contribution in [0.2, 0.25) is 0 Å². The van der Waals surface area contributed by atoms with Crippen LogP contribution >= 0.6 is 31.9 Å². The second-order valence-corrected chi connectivity index (χ2v) is 9.15. The summed E-state index contributed by atoms with van der Waals surface area (Å²) in [4.78, 5) is 38.5. The number of carbonyl (C=O) groups is 3. The highest BCUT2D eigenvalue weighted by atomic mass is 79.9. The van der Waals surface area contributed by atoms with Gasteiger partial charge in [0.25, 0.3) is 0 Å². The topological polar surface area (TPSA) is 74.7 Å². The largest absolute Gasteiger partial charge is 0.480 e. The van der Waals surface area contributed by atoms with Crippen LogP contribution < -0.4 is 0 Å². The van der Waals surface area contributed by atoms with Gasteiger partial charge >= 0.3 is 5.97 Å². The minimum Gasteiger partial charge on any atom is -0.480 e. The zero-order chi connectivity index (χ0) is 16.3. The Morgan fingerprint density at radius 1 is 1.18 bits per heavy atom. The molecule has 0 unspecified atom stereocenters. The Balaban J connectivity index is 1.92. The van der Waals surface area contributed by atoms with Gasteiger partial charge in [-0.25, -0.2) is 4.79 Å². The first-order chi connectivity index (χ1) is 10.3. The molecule has 1 N–H and O–H groups in total. The van der Waals surface area contributed by atoms with E-state index in [2.05, 4.69) is 31.9 Å². The third kappa shape index (κ3) is 2.19. The van der Waals surface area contributed by atoms with Crippen molar-refractivity contribution in [3.05, 3.63) is 0 Å². The molecule has 2 aliphatic carbocycles. The number of alkyl halides is 2. The first-order valence-corrected chi connectivity index (χ1v) is 9.46. The lowest BCUT2D eigenvalue weighted by Gasteiger charge is -2.28. The van der Waals surface area contributed by atoms with Crippen molar-refractivity contribution < 1.29 is 19.5 Å².